The van der Waals surface area contributed by atoms with Crippen molar-refractivity contribution < 1.29 is 9.59 Å². The maximum Gasteiger partial charge on any atom is 0.235 e. The van der Waals surface area contributed by atoms with Gasteiger partial charge in [0.05, 0.1) is 5.41 Å². The molecule has 0 aromatic rings. The van der Waals surface area contributed by atoms with Crippen LogP contribution in [0.15, 0.2) is 0 Å². The Kier molecular flexibility index (Phi) is 4.38. The molecule has 2 rings (SSSR count). The van der Waals surface area contributed by atoms with Crippen molar-refractivity contribution in [1.29, 1.82) is 0 Å². The Morgan fingerprint density at radius 3 is 2.11 bits per heavy atom. The summed E-state index contributed by atoms with van der Waals surface area (Å²) in [5.41, 5.74) is -0.405. The second-order valence-corrected chi connectivity index (χ2v) is 7.45. The fourth-order valence-corrected chi connectivity index (χ4v) is 4.07. The van der Waals surface area contributed by atoms with Crippen LogP contribution in [-0.4, -0.2) is 28.6 Å². The van der Waals surface area contributed by atoms with Crippen molar-refractivity contribution in [3.8, 4) is 0 Å². The van der Waals surface area contributed by atoms with E-state index in [9.17, 15) is 9.59 Å². The Morgan fingerprint density at radius 1 is 1.11 bits per heavy atom. The molecule has 1 saturated heterocycles. The summed E-state index contributed by atoms with van der Waals surface area (Å²) in [4.78, 5) is 26.0. The van der Waals surface area contributed by atoms with Gasteiger partial charge < -0.3 is 0 Å². The van der Waals surface area contributed by atoms with Gasteiger partial charge in [-0.3, -0.25) is 14.5 Å². The van der Waals surface area contributed by atoms with Gasteiger partial charge in [-0.15, -0.1) is 0 Å². The van der Waals surface area contributed by atoms with E-state index in [1.54, 1.807) is 0 Å². The van der Waals surface area contributed by atoms with E-state index in [0.29, 0.717) is 13.0 Å². The second-order valence-electron chi connectivity index (χ2n) is 6.89. The summed E-state index contributed by atoms with van der Waals surface area (Å²) < 4.78 is 0. The van der Waals surface area contributed by atoms with E-state index in [-0.39, 0.29) is 17.2 Å². The van der Waals surface area contributed by atoms with Crippen LogP contribution in [0.1, 0.15) is 58.8 Å². The molecule has 1 aliphatic carbocycles. The van der Waals surface area contributed by atoms with Crippen LogP contribution in [-0.2, 0) is 9.59 Å². The first-order chi connectivity index (χ1) is 8.90. The highest BCUT2D eigenvalue weighted by Crippen LogP contribution is 2.40. The zero-order chi connectivity index (χ0) is 14.1. The number of alkyl halides is 1. The van der Waals surface area contributed by atoms with Crippen molar-refractivity contribution >= 4 is 27.7 Å². The molecular weight excluding hydrogens is 306 g/mol. The van der Waals surface area contributed by atoms with E-state index >= 15 is 0 Å². The average molecular weight is 330 g/mol. The summed E-state index contributed by atoms with van der Waals surface area (Å²) in [6.07, 6.45) is 7.59. The number of hydrogen-bond acceptors (Lipinski definition) is 2. The van der Waals surface area contributed by atoms with Crippen molar-refractivity contribution in [3.05, 3.63) is 0 Å². The zero-order valence-corrected chi connectivity index (χ0v) is 13.6. The molecule has 0 radical (unpaired) electrons. The smallest absolute Gasteiger partial charge is 0.235 e. The van der Waals surface area contributed by atoms with E-state index < -0.39 is 5.41 Å². The first-order valence-corrected chi connectivity index (χ1v) is 8.43. The van der Waals surface area contributed by atoms with Crippen LogP contribution in [0.3, 0.4) is 0 Å². The molecule has 2 amide bonds. The van der Waals surface area contributed by atoms with Gasteiger partial charge in [-0.1, -0.05) is 55.5 Å². The normalized spacial score (nSPS) is 26.6. The van der Waals surface area contributed by atoms with Crippen molar-refractivity contribution in [2.24, 2.45) is 10.8 Å². The third kappa shape index (κ3) is 3.04. The number of hydrogen-bond donors (Lipinski definition) is 0. The lowest BCUT2D eigenvalue weighted by Gasteiger charge is -2.34. The second kappa shape index (κ2) is 5.55. The minimum absolute atomic E-state index is 0.0135. The SMILES string of the molecule is CC1(C)CC(=O)N(CC2(CBr)CCCCCC2)C1=O. The third-order valence-electron chi connectivity index (χ3n) is 4.66. The van der Waals surface area contributed by atoms with Gasteiger partial charge in [-0.05, 0) is 18.3 Å². The molecule has 0 atom stereocenters. The topological polar surface area (TPSA) is 37.4 Å². The molecule has 0 aromatic heterocycles. The summed E-state index contributed by atoms with van der Waals surface area (Å²) in [5, 5.41) is 0.886. The molecular formula is C15H24BrNO2. The monoisotopic (exact) mass is 329 g/mol. The number of carbonyl (C=O) groups is 2. The van der Waals surface area contributed by atoms with Gasteiger partial charge in [-0.25, -0.2) is 0 Å². The Labute approximate surface area is 124 Å². The van der Waals surface area contributed by atoms with Gasteiger partial charge in [0.2, 0.25) is 11.8 Å². The van der Waals surface area contributed by atoms with Gasteiger partial charge >= 0.3 is 0 Å². The minimum Gasteiger partial charge on any atom is -0.282 e. The van der Waals surface area contributed by atoms with Gasteiger partial charge in [0, 0.05) is 18.3 Å². The zero-order valence-electron chi connectivity index (χ0n) is 12.0. The standard InChI is InChI=1S/C15H24BrNO2/c1-14(2)9-12(18)17(13(14)19)11-15(10-16)7-5-3-4-6-8-15/h3-11H2,1-2H3. The fraction of sp³-hybridized carbons (Fsp3) is 0.867. The molecule has 19 heavy (non-hydrogen) atoms. The summed E-state index contributed by atoms with van der Waals surface area (Å²) in [6.45, 7) is 4.36. The molecule has 2 fully saturated rings. The minimum atomic E-state index is -0.505. The van der Waals surface area contributed by atoms with Crippen molar-refractivity contribution in [3.63, 3.8) is 0 Å². The van der Waals surface area contributed by atoms with Crippen LogP contribution in [0.2, 0.25) is 0 Å². The third-order valence-corrected chi connectivity index (χ3v) is 5.85. The van der Waals surface area contributed by atoms with E-state index in [0.717, 1.165) is 18.2 Å². The van der Waals surface area contributed by atoms with Crippen LogP contribution in [0.5, 0.6) is 0 Å². The van der Waals surface area contributed by atoms with E-state index in [2.05, 4.69) is 15.9 Å². The van der Waals surface area contributed by atoms with Gasteiger partial charge in [-0.2, -0.15) is 0 Å². The van der Waals surface area contributed by atoms with Crippen LogP contribution in [0.4, 0.5) is 0 Å². The van der Waals surface area contributed by atoms with Crippen LogP contribution in [0.25, 0.3) is 0 Å². The van der Waals surface area contributed by atoms with Crippen LogP contribution >= 0.6 is 15.9 Å². The highest BCUT2D eigenvalue weighted by molar-refractivity contribution is 9.09. The van der Waals surface area contributed by atoms with Crippen molar-refractivity contribution in [1.82, 2.24) is 4.90 Å². The number of likely N-dealkylation sites (tertiary alicyclic amines) is 1. The molecule has 0 unspecified atom stereocenters. The molecule has 2 aliphatic rings. The number of nitrogens with zero attached hydrogens (tertiary/aromatic N) is 1. The molecule has 0 spiro atoms. The molecule has 0 aromatic carbocycles. The lowest BCUT2D eigenvalue weighted by molar-refractivity contribution is -0.142. The summed E-state index contributed by atoms with van der Waals surface area (Å²) in [7, 11) is 0. The van der Waals surface area contributed by atoms with Crippen molar-refractivity contribution in [2.75, 3.05) is 11.9 Å². The van der Waals surface area contributed by atoms with E-state index in [1.807, 2.05) is 13.8 Å². The molecule has 4 heteroatoms. The highest BCUT2D eigenvalue weighted by Gasteiger charge is 2.47. The largest absolute Gasteiger partial charge is 0.282 e. The molecule has 1 saturated carbocycles. The maximum absolute atomic E-state index is 12.3. The molecule has 1 heterocycles. The first kappa shape index (κ1) is 15.0. The Morgan fingerprint density at radius 2 is 1.68 bits per heavy atom. The first-order valence-electron chi connectivity index (χ1n) is 7.31. The number of carbonyl (C=O) groups excluding carboxylic acids is 2. The lowest BCUT2D eigenvalue weighted by atomic mass is 9.82. The lowest BCUT2D eigenvalue weighted by Crippen LogP contribution is -2.43. The van der Waals surface area contributed by atoms with Crippen LogP contribution < -0.4 is 0 Å². The fourth-order valence-electron chi connectivity index (χ4n) is 3.34. The van der Waals surface area contributed by atoms with Crippen LogP contribution in [0, 0.1) is 10.8 Å². The molecule has 0 N–H and O–H groups in total. The number of imide groups is 1. The highest BCUT2D eigenvalue weighted by atomic mass is 79.9. The predicted octanol–water partition coefficient (Wildman–Crippen LogP) is 3.51. The summed E-state index contributed by atoms with van der Waals surface area (Å²) in [6, 6.07) is 0. The Hall–Kier alpha value is -0.380. The van der Waals surface area contributed by atoms with Gasteiger partial charge in [0.25, 0.3) is 0 Å². The number of halogens is 1. The summed E-state index contributed by atoms with van der Waals surface area (Å²) in [5.74, 6) is 0.0293. The number of amides is 2. The quantitative estimate of drug-likeness (QED) is 0.451. The predicted molar refractivity (Wildman–Crippen MR) is 79.0 cm³/mol. The maximum atomic E-state index is 12.3. The molecule has 1 aliphatic heterocycles. The Balaban J connectivity index is 2.14. The van der Waals surface area contributed by atoms with E-state index in [1.165, 1.54) is 30.6 Å². The van der Waals surface area contributed by atoms with Gasteiger partial charge in [0.1, 0.15) is 0 Å². The molecule has 108 valence electrons. The molecule has 3 nitrogen and oxygen atoms in total. The summed E-state index contributed by atoms with van der Waals surface area (Å²) >= 11 is 3.63. The average Bonchev–Trinajstić information content (AvgIpc) is 2.55. The molecule has 0 bridgehead atoms. The number of rotatable bonds is 3. The van der Waals surface area contributed by atoms with E-state index in [4.69, 9.17) is 0 Å². The van der Waals surface area contributed by atoms with Gasteiger partial charge in [0.15, 0.2) is 0 Å². The van der Waals surface area contributed by atoms with Crippen molar-refractivity contribution in [2.45, 2.75) is 58.8 Å². The Bertz CT molecular complexity index is 370.